The SMILES string of the molecule is C1=C([SiH](C2=CCCO2)C2=CCCO2)OCC1. The Morgan fingerprint density at radius 1 is 0.688 bits per heavy atom. The first-order valence-electron chi connectivity index (χ1n) is 5.94. The van der Waals surface area contributed by atoms with E-state index in [9.17, 15) is 0 Å². The van der Waals surface area contributed by atoms with Gasteiger partial charge in [-0.25, -0.2) is 0 Å². The van der Waals surface area contributed by atoms with Gasteiger partial charge in [-0.1, -0.05) is 0 Å². The zero-order valence-corrected chi connectivity index (χ0v) is 10.4. The predicted molar refractivity (Wildman–Crippen MR) is 63.1 cm³/mol. The number of hydrogen-bond donors (Lipinski definition) is 0. The van der Waals surface area contributed by atoms with Crippen molar-refractivity contribution < 1.29 is 14.2 Å². The summed E-state index contributed by atoms with van der Waals surface area (Å²) in [5.74, 6) is 0. The fourth-order valence-electron chi connectivity index (χ4n) is 2.33. The van der Waals surface area contributed by atoms with Crippen molar-refractivity contribution in [1.82, 2.24) is 0 Å². The van der Waals surface area contributed by atoms with Gasteiger partial charge in [0.1, 0.15) is 0 Å². The van der Waals surface area contributed by atoms with E-state index in [1.165, 1.54) is 0 Å². The quantitative estimate of drug-likeness (QED) is 0.699. The molecule has 0 fully saturated rings. The minimum Gasteiger partial charge on any atom is -0.502 e. The molecule has 0 N–H and O–H groups in total. The molecule has 0 bridgehead atoms. The maximum Gasteiger partial charge on any atom is 0.259 e. The van der Waals surface area contributed by atoms with Gasteiger partial charge >= 0.3 is 0 Å². The normalized spacial score (nSPS) is 23.4. The minimum atomic E-state index is -1.47. The van der Waals surface area contributed by atoms with Crippen molar-refractivity contribution in [3.63, 3.8) is 0 Å². The van der Waals surface area contributed by atoms with Crippen molar-refractivity contribution in [2.45, 2.75) is 19.3 Å². The van der Waals surface area contributed by atoms with Gasteiger partial charge in [0.15, 0.2) is 0 Å². The molecular formula is C12H16O3Si. The van der Waals surface area contributed by atoms with Crippen LogP contribution in [0, 0.1) is 0 Å². The van der Waals surface area contributed by atoms with Crippen molar-refractivity contribution in [3.05, 3.63) is 34.4 Å². The third kappa shape index (κ3) is 1.77. The average Bonchev–Trinajstić information content (AvgIpc) is 3.02. The van der Waals surface area contributed by atoms with E-state index >= 15 is 0 Å². The van der Waals surface area contributed by atoms with Gasteiger partial charge in [0.2, 0.25) is 0 Å². The number of rotatable bonds is 3. The second kappa shape index (κ2) is 4.37. The minimum absolute atomic E-state index is 0.819. The maximum atomic E-state index is 5.72. The van der Waals surface area contributed by atoms with E-state index in [0.29, 0.717) is 0 Å². The van der Waals surface area contributed by atoms with Crippen LogP contribution in [0.3, 0.4) is 0 Å². The Balaban J connectivity index is 1.87. The van der Waals surface area contributed by atoms with Crippen molar-refractivity contribution in [1.29, 1.82) is 0 Å². The molecule has 3 nitrogen and oxygen atoms in total. The molecule has 3 aliphatic heterocycles. The zero-order chi connectivity index (χ0) is 10.8. The van der Waals surface area contributed by atoms with Crippen LogP contribution in [0.1, 0.15) is 19.3 Å². The molecule has 16 heavy (non-hydrogen) atoms. The molecule has 0 aromatic rings. The molecule has 0 atom stereocenters. The van der Waals surface area contributed by atoms with Crippen LogP contribution in [0.4, 0.5) is 0 Å². The lowest BCUT2D eigenvalue weighted by molar-refractivity contribution is 0.237. The zero-order valence-electron chi connectivity index (χ0n) is 9.28. The van der Waals surface area contributed by atoms with Gasteiger partial charge in [-0.2, -0.15) is 0 Å². The van der Waals surface area contributed by atoms with Crippen molar-refractivity contribution in [3.8, 4) is 0 Å². The Labute approximate surface area is 97.0 Å². The molecule has 0 aromatic carbocycles. The molecule has 0 amide bonds. The summed E-state index contributed by atoms with van der Waals surface area (Å²) < 4.78 is 17.2. The molecule has 0 saturated carbocycles. The molecule has 86 valence electrons. The Morgan fingerprint density at radius 2 is 1.06 bits per heavy atom. The van der Waals surface area contributed by atoms with Crippen LogP contribution < -0.4 is 0 Å². The van der Waals surface area contributed by atoms with Crippen molar-refractivity contribution in [2.75, 3.05) is 19.8 Å². The molecule has 0 saturated heterocycles. The fraction of sp³-hybridized carbons (Fsp3) is 0.500. The van der Waals surface area contributed by atoms with Crippen LogP contribution in [0.5, 0.6) is 0 Å². The summed E-state index contributed by atoms with van der Waals surface area (Å²) >= 11 is 0. The maximum absolute atomic E-state index is 5.72. The van der Waals surface area contributed by atoms with E-state index in [2.05, 4.69) is 18.2 Å². The number of hydrogen-bond acceptors (Lipinski definition) is 3. The third-order valence-electron chi connectivity index (χ3n) is 3.05. The Kier molecular flexibility index (Phi) is 2.74. The van der Waals surface area contributed by atoms with Crippen LogP contribution in [0.15, 0.2) is 34.4 Å². The van der Waals surface area contributed by atoms with Crippen LogP contribution in [0.25, 0.3) is 0 Å². The van der Waals surface area contributed by atoms with Gasteiger partial charge in [-0.15, -0.1) is 0 Å². The monoisotopic (exact) mass is 236 g/mol. The summed E-state index contributed by atoms with van der Waals surface area (Å²) in [5, 5.41) is 3.42. The lowest BCUT2D eigenvalue weighted by Crippen LogP contribution is -2.25. The summed E-state index contributed by atoms with van der Waals surface area (Å²) in [4.78, 5) is 0. The first kappa shape index (κ1) is 10.0. The average molecular weight is 236 g/mol. The smallest absolute Gasteiger partial charge is 0.259 e. The van der Waals surface area contributed by atoms with E-state index in [1.807, 2.05) is 0 Å². The third-order valence-corrected chi connectivity index (χ3v) is 5.96. The lowest BCUT2D eigenvalue weighted by atomic mass is 10.5. The highest BCUT2D eigenvalue weighted by molar-refractivity contribution is 6.79. The highest BCUT2D eigenvalue weighted by atomic mass is 28.3. The summed E-state index contributed by atoms with van der Waals surface area (Å²) in [6, 6.07) is 0. The molecule has 3 rings (SSSR count). The van der Waals surface area contributed by atoms with E-state index in [4.69, 9.17) is 14.2 Å². The molecule has 0 spiro atoms. The van der Waals surface area contributed by atoms with E-state index < -0.39 is 8.80 Å². The highest BCUT2D eigenvalue weighted by Crippen LogP contribution is 2.29. The highest BCUT2D eigenvalue weighted by Gasteiger charge is 2.34. The standard InChI is InChI=1S/C12H16O3Si/c1-4-10(13-7-1)16(11-5-2-8-14-11)12-6-3-9-15-12/h4-6,16H,1-3,7-9H2. The second-order valence-electron chi connectivity index (χ2n) is 4.16. The fourth-order valence-corrected chi connectivity index (χ4v) is 5.24. The van der Waals surface area contributed by atoms with Gasteiger partial charge in [0.05, 0.1) is 36.0 Å². The van der Waals surface area contributed by atoms with Gasteiger partial charge in [-0.05, 0) is 18.2 Å². The first-order chi connectivity index (χ1) is 7.95. The van der Waals surface area contributed by atoms with Gasteiger partial charge in [0.25, 0.3) is 8.80 Å². The lowest BCUT2D eigenvalue weighted by Gasteiger charge is -2.18. The molecule has 0 aromatic heterocycles. The van der Waals surface area contributed by atoms with Gasteiger partial charge < -0.3 is 14.2 Å². The van der Waals surface area contributed by atoms with Crippen LogP contribution in [-0.2, 0) is 14.2 Å². The topological polar surface area (TPSA) is 27.7 Å². The largest absolute Gasteiger partial charge is 0.502 e. The van der Waals surface area contributed by atoms with Crippen molar-refractivity contribution in [2.24, 2.45) is 0 Å². The molecular weight excluding hydrogens is 220 g/mol. The summed E-state index contributed by atoms with van der Waals surface area (Å²) in [6.07, 6.45) is 9.71. The number of ether oxygens (including phenoxy) is 3. The van der Waals surface area contributed by atoms with E-state index in [-0.39, 0.29) is 0 Å². The Bertz CT molecular complexity index is 313. The van der Waals surface area contributed by atoms with Gasteiger partial charge in [0, 0.05) is 19.3 Å². The van der Waals surface area contributed by atoms with E-state index in [0.717, 1.165) is 55.2 Å². The molecule has 0 aliphatic carbocycles. The first-order valence-corrected chi connectivity index (χ1v) is 7.67. The summed E-state index contributed by atoms with van der Waals surface area (Å²) in [7, 11) is -1.47. The van der Waals surface area contributed by atoms with E-state index in [1.54, 1.807) is 0 Å². The molecule has 4 heteroatoms. The predicted octanol–water partition coefficient (Wildman–Crippen LogP) is 1.74. The Hall–Kier alpha value is -1.16. The second-order valence-corrected chi connectivity index (χ2v) is 6.74. The van der Waals surface area contributed by atoms with Crippen LogP contribution in [0.2, 0.25) is 0 Å². The van der Waals surface area contributed by atoms with Crippen LogP contribution in [-0.4, -0.2) is 28.6 Å². The summed E-state index contributed by atoms with van der Waals surface area (Å²) in [6.45, 7) is 2.46. The molecule has 0 radical (unpaired) electrons. The Morgan fingerprint density at radius 3 is 1.31 bits per heavy atom. The molecule has 0 unspecified atom stereocenters. The van der Waals surface area contributed by atoms with Gasteiger partial charge in [-0.3, -0.25) is 0 Å². The summed E-state index contributed by atoms with van der Waals surface area (Å²) in [5.41, 5.74) is 0. The molecule has 3 heterocycles. The van der Waals surface area contributed by atoms with Crippen LogP contribution >= 0.6 is 0 Å². The molecule has 3 aliphatic rings. The van der Waals surface area contributed by atoms with Crippen molar-refractivity contribution >= 4 is 8.80 Å².